The molecule has 2 amide bonds. The van der Waals surface area contributed by atoms with Crippen molar-refractivity contribution in [3.05, 3.63) is 23.8 Å². The van der Waals surface area contributed by atoms with E-state index in [-0.39, 0.29) is 23.6 Å². The third-order valence-corrected chi connectivity index (χ3v) is 6.48. The van der Waals surface area contributed by atoms with Gasteiger partial charge in [-0.1, -0.05) is 52.5 Å². The average molecular weight is 549 g/mol. The third kappa shape index (κ3) is 8.97. The van der Waals surface area contributed by atoms with Crippen molar-refractivity contribution in [1.29, 1.82) is 0 Å². The predicted octanol–water partition coefficient (Wildman–Crippen LogP) is 3.48. The van der Waals surface area contributed by atoms with Gasteiger partial charge in [0.15, 0.2) is 17.9 Å². The van der Waals surface area contributed by atoms with Gasteiger partial charge in [0.05, 0.1) is 17.2 Å². The number of benzene rings is 1. The number of rotatable bonds is 12. The summed E-state index contributed by atoms with van der Waals surface area (Å²) in [6.45, 7) is 8.77. The van der Waals surface area contributed by atoms with E-state index in [4.69, 9.17) is 14.2 Å². The maximum atomic E-state index is 13.4. The summed E-state index contributed by atoms with van der Waals surface area (Å²) in [5.41, 5.74) is -0.213. The van der Waals surface area contributed by atoms with Gasteiger partial charge >= 0.3 is 17.9 Å². The van der Waals surface area contributed by atoms with Crippen molar-refractivity contribution < 1.29 is 43.3 Å². The molecule has 1 aliphatic heterocycles. The quantitative estimate of drug-likeness (QED) is 0.117. The molecule has 0 unspecified atom stereocenters. The predicted molar refractivity (Wildman–Crippen MR) is 142 cm³/mol. The Kier molecular flexibility index (Phi) is 12.2. The van der Waals surface area contributed by atoms with E-state index in [2.05, 4.69) is 17.6 Å². The summed E-state index contributed by atoms with van der Waals surface area (Å²) in [4.78, 5) is 62.9. The van der Waals surface area contributed by atoms with Crippen molar-refractivity contribution in [2.75, 3.05) is 5.32 Å². The highest BCUT2D eigenvalue weighted by Crippen LogP contribution is 2.29. The van der Waals surface area contributed by atoms with Crippen LogP contribution in [0.25, 0.3) is 0 Å². The molecule has 1 aromatic carbocycles. The lowest BCUT2D eigenvalue weighted by Crippen LogP contribution is -2.50. The van der Waals surface area contributed by atoms with Crippen LogP contribution in [-0.4, -0.2) is 59.7 Å². The first-order valence-corrected chi connectivity index (χ1v) is 13.4. The van der Waals surface area contributed by atoms with Gasteiger partial charge in [-0.05, 0) is 38.3 Å². The fraction of sp³-hybridized carbons (Fsp3) is 0.607. The van der Waals surface area contributed by atoms with Crippen molar-refractivity contribution in [3.8, 4) is 5.75 Å². The highest BCUT2D eigenvalue weighted by atomic mass is 16.6. The van der Waals surface area contributed by atoms with E-state index in [9.17, 15) is 29.1 Å². The van der Waals surface area contributed by atoms with Gasteiger partial charge in [-0.3, -0.25) is 19.2 Å². The van der Waals surface area contributed by atoms with Crippen LogP contribution in [-0.2, 0) is 33.4 Å². The van der Waals surface area contributed by atoms with Gasteiger partial charge in [0.1, 0.15) is 12.2 Å². The molecule has 1 saturated heterocycles. The molecule has 1 heterocycles. The van der Waals surface area contributed by atoms with Crippen LogP contribution in [0.2, 0.25) is 0 Å². The number of amides is 2. The monoisotopic (exact) mass is 548 g/mol. The Labute approximate surface area is 228 Å². The summed E-state index contributed by atoms with van der Waals surface area (Å²) in [5, 5.41) is 15.1. The van der Waals surface area contributed by atoms with Crippen LogP contribution in [0, 0.1) is 11.8 Å². The summed E-state index contributed by atoms with van der Waals surface area (Å²) in [6.07, 6.45) is 1.17. The summed E-state index contributed by atoms with van der Waals surface area (Å²) in [6, 6.07) is 2.71. The first-order chi connectivity index (χ1) is 18.5. The minimum Gasteiger partial charge on any atom is -0.505 e. The molecular weight excluding hydrogens is 508 g/mol. The molecule has 1 fully saturated rings. The van der Waals surface area contributed by atoms with E-state index < -0.39 is 59.8 Å². The van der Waals surface area contributed by atoms with Gasteiger partial charge in [-0.25, -0.2) is 4.79 Å². The van der Waals surface area contributed by atoms with E-state index in [1.54, 1.807) is 0 Å². The minimum absolute atomic E-state index is 0.000221. The number of cyclic esters (lactones) is 2. The number of nitrogens with one attached hydrogen (secondary N) is 2. The topological polar surface area (TPSA) is 157 Å². The molecule has 5 atom stereocenters. The lowest BCUT2D eigenvalue weighted by molar-refractivity contribution is -0.175. The lowest BCUT2D eigenvalue weighted by Gasteiger charge is -2.29. The molecular formula is C28H40N2O9. The summed E-state index contributed by atoms with van der Waals surface area (Å²) in [5.74, 6) is -4.26. The minimum atomic E-state index is -1.42. The van der Waals surface area contributed by atoms with Crippen LogP contribution in [0.4, 0.5) is 5.69 Å². The Morgan fingerprint density at radius 1 is 1.08 bits per heavy atom. The Bertz CT molecular complexity index is 1030. The molecule has 0 aromatic heterocycles. The fourth-order valence-corrected chi connectivity index (χ4v) is 4.40. The van der Waals surface area contributed by atoms with Gasteiger partial charge in [0.2, 0.25) is 6.41 Å². The number of para-hydroxylation sites is 1. The second-order valence-electron chi connectivity index (χ2n) is 10.2. The van der Waals surface area contributed by atoms with Crippen molar-refractivity contribution >= 4 is 35.9 Å². The highest BCUT2D eigenvalue weighted by Gasteiger charge is 2.44. The van der Waals surface area contributed by atoms with Crippen LogP contribution >= 0.6 is 0 Å². The van der Waals surface area contributed by atoms with E-state index in [0.717, 1.165) is 19.3 Å². The molecule has 11 nitrogen and oxygen atoms in total. The number of ether oxygens (including phenoxy) is 3. The molecule has 39 heavy (non-hydrogen) atoms. The molecule has 216 valence electrons. The zero-order valence-corrected chi connectivity index (χ0v) is 23.2. The molecule has 3 N–H and O–H groups in total. The van der Waals surface area contributed by atoms with Crippen LogP contribution in [0.15, 0.2) is 18.2 Å². The Hall–Kier alpha value is -3.63. The Balaban J connectivity index is 2.33. The van der Waals surface area contributed by atoms with Crippen molar-refractivity contribution in [2.24, 2.45) is 11.8 Å². The van der Waals surface area contributed by atoms with Crippen molar-refractivity contribution in [2.45, 2.75) is 97.5 Å². The molecule has 0 spiro atoms. The zero-order chi connectivity index (χ0) is 29.1. The van der Waals surface area contributed by atoms with E-state index >= 15 is 0 Å². The van der Waals surface area contributed by atoms with Crippen molar-refractivity contribution in [1.82, 2.24) is 5.32 Å². The molecule has 1 aliphatic rings. The van der Waals surface area contributed by atoms with Gasteiger partial charge < -0.3 is 30.0 Å². The fourth-order valence-electron chi connectivity index (χ4n) is 4.40. The SMILES string of the molecule is CCCCCC[C@H]1C(=O)O[C@@H](C)[C@@H](NC(=O)c2cccc(NC=O)c2O)C(=O)O[C@@H](C)[C@H]1OC(=O)CC(C)C. The van der Waals surface area contributed by atoms with Gasteiger partial charge in [0.25, 0.3) is 5.91 Å². The molecule has 0 radical (unpaired) electrons. The average Bonchev–Trinajstić information content (AvgIpc) is 2.88. The number of aromatic hydroxyl groups is 1. The normalized spacial score (nSPS) is 23.5. The second kappa shape index (κ2) is 15.1. The van der Waals surface area contributed by atoms with Gasteiger partial charge in [0, 0.05) is 6.42 Å². The number of unbranched alkanes of at least 4 members (excludes halogenated alkanes) is 3. The number of carbonyl (C=O) groups excluding carboxylic acids is 5. The molecule has 2 rings (SSSR count). The number of phenols is 1. The smallest absolute Gasteiger partial charge is 0.332 e. The number of hydrogen-bond acceptors (Lipinski definition) is 9. The largest absolute Gasteiger partial charge is 0.505 e. The van der Waals surface area contributed by atoms with Crippen molar-refractivity contribution in [3.63, 3.8) is 0 Å². The number of hydrogen-bond donors (Lipinski definition) is 3. The maximum Gasteiger partial charge on any atom is 0.332 e. The van der Waals surface area contributed by atoms with Gasteiger partial charge in [-0.15, -0.1) is 0 Å². The molecule has 0 bridgehead atoms. The Morgan fingerprint density at radius 3 is 2.41 bits per heavy atom. The third-order valence-electron chi connectivity index (χ3n) is 6.48. The summed E-state index contributed by atoms with van der Waals surface area (Å²) >= 11 is 0. The van der Waals surface area contributed by atoms with Crippen LogP contribution in [0.1, 0.15) is 83.5 Å². The van der Waals surface area contributed by atoms with Crippen LogP contribution < -0.4 is 10.6 Å². The first kappa shape index (κ1) is 31.6. The zero-order valence-electron chi connectivity index (χ0n) is 23.2. The molecule has 0 aliphatic carbocycles. The lowest BCUT2D eigenvalue weighted by atomic mass is 9.92. The number of carbonyl (C=O) groups is 5. The molecule has 0 saturated carbocycles. The van der Waals surface area contributed by atoms with E-state index in [0.29, 0.717) is 19.3 Å². The van der Waals surface area contributed by atoms with E-state index in [1.807, 2.05) is 13.8 Å². The second-order valence-corrected chi connectivity index (χ2v) is 10.2. The molecule has 11 heteroatoms. The van der Waals surface area contributed by atoms with Gasteiger partial charge in [-0.2, -0.15) is 0 Å². The van der Waals surface area contributed by atoms with Crippen LogP contribution in [0.5, 0.6) is 5.75 Å². The number of esters is 3. The first-order valence-electron chi connectivity index (χ1n) is 13.4. The summed E-state index contributed by atoms with van der Waals surface area (Å²) in [7, 11) is 0. The number of phenolic OH excluding ortho intramolecular Hbond substituents is 1. The standard InChI is InChI=1S/C28H40N2O9/c1-6-7-8-9-11-20-25(39-22(32)14-16(2)3)18(5)38-28(36)23(17(4)37-27(20)35)30-26(34)19-12-10-13-21(24(19)33)29-15-31/h10,12-13,15-18,20,23,25,33H,6-9,11,14H2,1-5H3,(H,29,31)(H,30,34)/t17-,18-,20+,23+,25+/m0/s1. The van der Waals surface area contributed by atoms with Crippen LogP contribution in [0.3, 0.4) is 0 Å². The highest BCUT2D eigenvalue weighted by molar-refractivity contribution is 6.01. The maximum absolute atomic E-state index is 13.4. The molecule has 1 aromatic rings. The Morgan fingerprint density at radius 2 is 1.77 bits per heavy atom. The summed E-state index contributed by atoms with van der Waals surface area (Å²) < 4.78 is 16.9. The number of anilines is 1. The van der Waals surface area contributed by atoms with E-state index in [1.165, 1.54) is 32.0 Å².